The van der Waals surface area contributed by atoms with Crippen LogP contribution in [0.15, 0.2) is 36.5 Å². The summed E-state index contributed by atoms with van der Waals surface area (Å²) in [5.74, 6) is 0.0572. The monoisotopic (exact) mass is 376 g/mol. The van der Waals surface area contributed by atoms with Gasteiger partial charge in [0, 0.05) is 25.4 Å². The van der Waals surface area contributed by atoms with E-state index >= 15 is 0 Å². The van der Waals surface area contributed by atoms with E-state index < -0.39 is 0 Å². The van der Waals surface area contributed by atoms with Gasteiger partial charge in [0.25, 0.3) is 0 Å². The van der Waals surface area contributed by atoms with Gasteiger partial charge in [0.05, 0.1) is 0 Å². The third-order valence-electron chi connectivity index (χ3n) is 4.31. The molecule has 27 heavy (non-hydrogen) atoms. The first-order valence-electron chi connectivity index (χ1n) is 10.5. The number of nitrogens with zero attached hydrogens (tertiary/aromatic N) is 1. The van der Waals surface area contributed by atoms with Crippen molar-refractivity contribution in [1.82, 2.24) is 4.90 Å². The van der Waals surface area contributed by atoms with Gasteiger partial charge in [-0.1, -0.05) is 56.2 Å². The quantitative estimate of drug-likeness (QED) is 0.293. The molecule has 0 spiro atoms. The van der Waals surface area contributed by atoms with Gasteiger partial charge in [0.2, 0.25) is 11.8 Å². The minimum Gasteiger partial charge on any atom is -0.370 e. The van der Waals surface area contributed by atoms with Crippen molar-refractivity contribution in [2.75, 3.05) is 6.54 Å². The number of primary amides is 1. The third-order valence-corrected chi connectivity index (χ3v) is 4.31. The highest BCUT2D eigenvalue weighted by molar-refractivity contribution is 5.76. The molecule has 0 atom stereocenters. The van der Waals surface area contributed by atoms with Crippen LogP contribution in [0.3, 0.4) is 0 Å². The Hall–Kier alpha value is -1.84. The predicted octanol–water partition coefficient (Wildman–Crippen LogP) is 5.30. The zero-order chi connectivity index (χ0) is 20.3. The SMILES string of the molecule is CCCCCC(=O)N(CC/C=C\C/C=C\C/C=C\CCCC(N)=O)C(C)C. The van der Waals surface area contributed by atoms with Crippen LogP contribution in [-0.2, 0) is 9.59 Å². The molecule has 0 aromatic carbocycles. The van der Waals surface area contributed by atoms with Crippen LogP contribution in [0.5, 0.6) is 0 Å². The highest BCUT2D eigenvalue weighted by Gasteiger charge is 2.15. The summed E-state index contributed by atoms with van der Waals surface area (Å²) >= 11 is 0. The third kappa shape index (κ3) is 16.1. The molecule has 0 aromatic rings. The Morgan fingerprint density at radius 2 is 1.44 bits per heavy atom. The van der Waals surface area contributed by atoms with Crippen molar-refractivity contribution in [3.63, 3.8) is 0 Å². The molecule has 0 heterocycles. The summed E-state index contributed by atoms with van der Waals surface area (Å²) in [4.78, 5) is 24.9. The van der Waals surface area contributed by atoms with Crippen LogP contribution >= 0.6 is 0 Å². The highest BCUT2D eigenvalue weighted by atomic mass is 16.2. The minimum absolute atomic E-state index is 0.229. The molecule has 0 aliphatic rings. The van der Waals surface area contributed by atoms with Gasteiger partial charge in [-0.25, -0.2) is 0 Å². The molecule has 2 amide bonds. The van der Waals surface area contributed by atoms with Crippen LogP contribution in [0.25, 0.3) is 0 Å². The lowest BCUT2D eigenvalue weighted by Gasteiger charge is -2.26. The molecule has 0 radical (unpaired) electrons. The van der Waals surface area contributed by atoms with Crippen molar-refractivity contribution in [2.24, 2.45) is 5.73 Å². The molecule has 0 aliphatic carbocycles. The molecule has 0 aromatic heterocycles. The number of carbonyl (C=O) groups is 2. The molecule has 4 nitrogen and oxygen atoms in total. The first kappa shape index (κ1) is 25.2. The second-order valence-corrected chi connectivity index (χ2v) is 7.17. The fourth-order valence-corrected chi connectivity index (χ4v) is 2.73. The fourth-order valence-electron chi connectivity index (χ4n) is 2.73. The molecule has 4 heteroatoms. The van der Waals surface area contributed by atoms with E-state index in [4.69, 9.17) is 5.73 Å². The summed E-state index contributed by atoms with van der Waals surface area (Å²) in [6, 6.07) is 0.266. The molecule has 0 fully saturated rings. The van der Waals surface area contributed by atoms with Gasteiger partial charge in [-0.05, 0) is 52.4 Å². The molecule has 0 unspecified atom stereocenters. The molecule has 2 N–H and O–H groups in total. The van der Waals surface area contributed by atoms with Gasteiger partial charge in [-0.3, -0.25) is 9.59 Å². The first-order valence-corrected chi connectivity index (χ1v) is 10.5. The Bertz CT molecular complexity index is 479. The normalized spacial score (nSPS) is 12.0. The summed E-state index contributed by atoms with van der Waals surface area (Å²) in [6.45, 7) is 7.14. The lowest BCUT2D eigenvalue weighted by molar-refractivity contribution is -0.133. The molecular formula is C23H40N2O2. The van der Waals surface area contributed by atoms with E-state index in [0.29, 0.717) is 12.8 Å². The van der Waals surface area contributed by atoms with Crippen molar-refractivity contribution in [3.8, 4) is 0 Å². The maximum Gasteiger partial charge on any atom is 0.222 e. The van der Waals surface area contributed by atoms with E-state index in [0.717, 1.165) is 57.9 Å². The molecular weight excluding hydrogens is 336 g/mol. The largest absolute Gasteiger partial charge is 0.370 e. The highest BCUT2D eigenvalue weighted by Crippen LogP contribution is 2.08. The van der Waals surface area contributed by atoms with Gasteiger partial charge < -0.3 is 10.6 Å². The number of allylic oxidation sites excluding steroid dienone is 5. The number of hydrogen-bond donors (Lipinski definition) is 1. The average molecular weight is 377 g/mol. The molecule has 154 valence electrons. The van der Waals surface area contributed by atoms with Gasteiger partial charge >= 0.3 is 0 Å². The minimum atomic E-state index is -0.229. The molecule has 0 aliphatic heterocycles. The second-order valence-electron chi connectivity index (χ2n) is 7.17. The lowest BCUT2D eigenvalue weighted by atomic mass is 10.1. The summed E-state index contributed by atoms with van der Waals surface area (Å²) in [5.41, 5.74) is 5.09. The molecule has 0 bridgehead atoms. The Labute approximate surface area is 166 Å². The fraction of sp³-hybridized carbons (Fsp3) is 0.652. The molecule has 0 saturated carbocycles. The van der Waals surface area contributed by atoms with E-state index in [1.165, 1.54) is 0 Å². The zero-order valence-corrected chi connectivity index (χ0v) is 17.7. The van der Waals surface area contributed by atoms with E-state index in [1.54, 1.807) is 0 Å². The van der Waals surface area contributed by atoms with E-state index in [1.807, 2.05) is 4.90 Å². The maximum atomic E-state index is 12.3. The number of unbranched alkanes of at least 4 members (excludes halogenated alkanes) is 3. The molecule has 0 rings (SSSR count). The van der Waals surface area contributed by atoms with E-state index in [-0.39, 0.29) is 17.9 Å². The van der Waals surface area contributed by atoms with Crippen LogP contribution in [-0.4, -0.2) is 29.3 Å². The summed E-state index contributed by atoms with van der Waals surface area (Å²) < 4.78 is 0. The smallest absolute Gasteiger partial charge is 0.222 e. The molecule has 0 saturated heterocycles. The maximum absolute atomic E-state index is 12.3. The van der Waals surface area contributed by atoms with Crippen molar-refractivity contribution < 1.29 is 9.59 Å². The Morgan fingerprint density at radius 3 is 2.00 bits per heavy atom. The Morgan fingerprint density at radius 1 is 0.852 bits per heavy atom. The zero-order valence-electron chi connectivity index (χ0n) is 17.7. The van der Waals surface area contributed by atoms with Gasteiger partial charge in [0.15, 0.2) is 0 Å². The number of nitrogens with two attached hydrogens (primary N) is 1. The van der Waals surface area contributed by atoms with Gasteiger partial charge in [0.1, 0.15) is 0 Å². The number of hydrogen-bond acceptors (Lipinski definition) is 2. The average Bonchev–Trinajstić information content (AvgIpc) is 2.61. The van der Waals surface area contributed by atoms with Crippen LogP contribution < -0.4 is 5.73 Å². The van der Waals surface area contributed by atoms with Crippen molar-refractivity contribution in [2.45, 2.75) is 91.0 Å². The van der Waals surface area contributed by atoms with Gasteiger partial charge in [-0.2, -0.15) is 0 Å². The van der Waals surface area contributed by atoms with Crippen LogP contribution in [0.4, 0.5) is 0 Å². The van der Waals surface area contributed by atoms with E-state index in [2.05, 4.69) is 57.2 Å². The Balaban J connectivity index is 3.88. The predicted molar refractivity (Wildman–Crippen MR) is 115 cm³/mol. The summed E-state index contributed by atoms with van der Waals surface area (Å²) in [6.07, 6.45) is 21.7. The topological polar surface area (TPSA) is 63.4 Å². The summed E-state index contributed by atoms with van der Waals surface area (Å²) in [7, 11) is 0. The Kier molecular flexibility index (Phi) is 16.4. The lowest BCUT2D eigenvalue weighted by Crippen LogP contribution is -2.37. The summed E-state index contributed by atoms with van der Waals surface area (Å²) in [5, 5.41) is 0. The second kappa shape index (κ2) is 17.6. The van der Waals surface area contributed by atoms with Crippen molar-refractivity contribution in [3.05, 3.63) is 36.5 Å². The first-order chi connectivity index (χ1) is 13.0. The van der Waals surface area contributed by atoms with Crippen molar-refractivity contribution >= 4 is 11.8 Å². The van der Waals surface area contributed by atoms with Crippen LogP contribution in [0.1, 0.15) is 85.0 Å². The van der Waals surface area contributed by atoms with Crippen LogP contribution in [0, 0.1) is 0 Å². The standard InChI is InChI=1S/C23H40N2O2/c1-4-5-15-19-23(27)25(21(2)3)20-17-14-12-10-8-6-7-9-11-13-16-18-22(24)26/h6,8-9,11-12,14,21H,4-5,7,10,13,15-20H2,1-3H3,(H2,24,26)/b8-6-,11-9-,14-12-. The van der Waals surface area contributed by atoms with Gasteiger partial charge in [-0.15, -0.1) is 0 Å². The van der Waals surface area contributed by atoms with E-state index in [9.17, 15) is 9.59 Å². The number of carbonyl (C=O) groups excluding carboxylic acids is 2. The number of rotatable bonds is 16. The van der Waals surface area contributed by atoms with Crippen LogP contribution in [0.2, 0.25) is 0 Å². The van der Waals surface area contributed by atoms with Crippen molar-refractivity contribution in [1.29, 1.82) is 0 Å². The number of amides is 2.